The molecule has 0 radical (unpaired) electrons. The van der Waals surface area contributed by atoms with E-state index in [9.17, 15) is 9.90 Å². The smallest absolute Gasteiger partial charge is 0.117 e. The highest BCUT2D eigenvalue weighted by Gasteiger charge is 2.13. The van der Waals surface area contributed by atoms with E-state index in [4.69, 9.17) is 23.2 Å². The van der Waals surface area contributed by atoms with Gasteiger partial charge in [0.2, 0.25) is 0 Å². The molecule has 1 atom stereocenters. The highest BCUT2D eigenvalue weighted by molar-refractivity contribution is 6.35. The summed E-state index contributed by atoms with van der Waals surface area (Å²) in [5, 5.41) is 11.3. The van der Waals surface area contributed by atoms with Gasteiger partial charge in [-0.1, -0.05) is 29.3 Å². The molecule has 0 bridgehead atoms. The first kappa shape index (κ1) is 11.3. The van der Waals surface area contributed by atoms with Crippen LogP contribution in [0.2, 0.25) is 10.0 Å². The Morgan fingerprint density at radius 3 is 2.64 bits per heavy atom. The standard InChI is InChI=1S/C9H9Cl2NO2/c10-5-1-2-6(7(11)3-5)8(12)4-9(13)14/h1-3,8H,4,12H2,(H,13,14)/t8-/m0/s1. The zero-order chi connectivity index (χ0) is 10.7. The van der Waals surface area contributed by atoms with Crippen LogP contribution in [-0.4, -0.2) is 5.97 Å². The lowest BCUT2D eigenvalue weighted by atomic mass is 10.1. The molecule has 14 heavy (non-hydrogen) atoms. The fraction of sp³-hybridized carbons (Fsp3) is 0.222. The molecule has 0 spiro atoms. The maximum absolute atomic E-state index is 10.3. The van der Waals surface area contributed by atoms with Crippen molar-refractivity contribution in [3.8, 4) is 0 Å². The van der Waals surface area contributed by atoms with Gasteiger partial charge in [-0.2, -0.15) is 0 Å². The number of hydrogen-bond acceptors (Lipinski definition) is 2. The van der Waals surface area contributed by atoms with E-state index in [-0.39, 0.29) is 6.42 Å². The zero-order valence-corrected chi connectivity index (χ0v) is 8.81. The first-order valence-corrected chi connectivity index (χ1v) is 4.74. The van der Waals surface area contributed by atoms with Crippen LogP contribution in [0.3, 0.4) is 0 Å². The predicted molar refractivity (Wildman–Crippen MR) is 51.7 cm³/mol. The van der Waals surface area contributed by atoms with Crippen molar-refractivity contribution in [3.63, 3.8) is 0 Å². The number of carbonyl (C=O) groups excluding carboxylic acids is 1. The number of carboxylic acid groups (broad SMARTS) is 1. The Morgan fingerprint density at radius 2 is 2.14 bits per heavy atom. The van der Waals surface area contributed by atoms with Gasteiger partial charge in [0, 0.05) is 23.0 Å². The molecule has 5 heteroatoms. The van der Waals surface area contributed by atoms with Crippen LogP contribution in [0.4, 0.5) is 0 Å². The number of halogens is 2. The minimum atomic E-state index is -1.14. The lowest BCUT2D eigenvalue weighted by Crippen LogP contribution is -2.55. The molecular weight excluding hydrogens is 225 g/mol. The molecule has 1 rings (SSSR count). The average molecular weight is 234 g/mol. The summed E-state index contributed by atoms with van der Waals surface area (Å²) >= 11 is 11.6. The first-order chi connectivity index (χ1) is 6.50. The summed E-state index contributed by atoms with van der Waals surface area (Å²) in [5.74, 6) is -1.14. The van der Waals surface area contributed by atoms with Crippen LogP contribution in [0.25, 0.3) is 0 Å². The van der Waals surface area contributed by atoms with Gasteiger partial charge in [-0.05, 0) is 12.1 Å². The Morgan fingerprint density at radius 1 is 1.50 bits per heavy atom. The number of aliphatic carboxylic acids is 1. The number of quaternary nitrogens is 1. The Hall–Kier alpha value is -0.770. The van der Waals surface area contributed by atoms with Crippen molar-refractivity contribution in [2.24, 2.45) is 0 Å². The van der Waals surface area contributed by atoms with E-state index in [1.165, 1.54) is 0 Å². The molecule has 0 saturated carbocycles. The molecule has 76 valence electrons. The van der Waals surface area contributed by atoms with Crippen LogP contribution in [0.15, 0.2) is 18.2 Å². The first-order valence-electron chi connectivity index (χ1n) is 3.98. The summed E-state index contributed by atoms with van der Waals surface area (Å²) in [5.41, 5.74) is 4.36. The van der Waals surface area contributed by atoms with Gasteiger partial charge in [0.1, 0.15) is 6.04 Å². The second kappa shape index (κ2) is 4.64. The predicted octanol–water partition coefficient (Wildman–Crippen LogP) is 0.416. The maximum atomic E-state index is 10.3. The summed E-state index contributed by atoms with van der Waals surface area (Å²) in [6.45, 7) is 0. The molecule has 0 aliphatic heterocycles. The molecular formula is C9H9Cl2NO2. The number of carbonyl (C=O) groups is 1. The number of hydrogen-bond donors (Lipinski definition) is 1. The number of rotatable bonds is 3. The molecule has 3 nitrogen and oxygen atoms in total. The summed E-state index contributed by atoms with van der Waals surface area (Å²) in [7, 11) is 0. The molecule has 1 aromatic carbocycles. The molecule has 0 heterocycles. The van der Waals surface area contributed by atoms with Crippen molar-refractivity contribution < 1.29 is 15.6 Å². The fourth-order valence-electron chi connectivity index (χ4n) is 1.14. The molecule has 0 fully saturated rings. The Kier molecular flexibility index (Phi) is 3.75. The van der Waals surface area contributed by atoms with Crippen LogP contribution < -0.4 is 10.8 Å². The third kappa shape index (κ3) is 2.87. The van der Waals surface area contributed by atoms with Gasteiger partial charge >= 0.3 is 0 Å². The summed E-state index contributed by atoms with van der Waals surface area (Å²) < 4.78 is 0. The second-order valence-electron chi connectivity index (χ2n) is 2.94. The van der Waals surface area contributed by atoms with Gasteiger partial charge in [0.05, 0.1) is 5.02 Å². The molecule has 0 aromatic heterocycles. The van der Waals surface area contributed by atoms with Crippen molar-refractivity contribution in [3.05, 3.63) is 33.8 Å². The molecule has 0 amide bonds. The van der Waals surface area contributed by atoms with Crippen molar-refractivity contribution in [2.75, 3.05) is 0 Å². The van der Waals surface area contributed by atoms with Crippen LogP contribution in [0.1, 0.15) is 18.0 Å². The van der Waals surface area contributed by atoms with Crippen molar-refractivity contribution in [1.29, 1.82) is 0 Å². The van der Waals surface area contributed by atoms with Crippen LogP contribution in [0.5, 0.6) is 0 Å². The van der Waals surface area contributed by atoms with Crippen LogP contribution in [-0.2, 0) is 4.79 Å². The highest BCUT2D eigenvalue weighted by atomic mass is 35.5. The lowest BCUT2D eigenvalue weighted by molar-refractivity contribution is -0.430. The van der Waals surface area contributed by atoms with Gasteiger partial charge in [0.15, 0.2) is 0 Å². The van der Waals surface area contributed by atoms with E-state index in [0.717, 1.165) is 0 Å². The molecule has 0 aliphatic carbocycles. The SMILES string of the molecule is [NH3+][C@@H](CC(=O)[O-])c1ccc(Cl)cc1Cl. The third-order valence-corrected chi connectivity index (χ3v) is 2.38. The summed E-state index contributed by atoms with van der Waals surface area (Å²) in [6, 6.07) is 4.47. The number of carboxylic acids is 1. The highest BCUT2D eigenvalue weighted by Crippen LogP contribution is 2.25. The second-order valence-corrected chi connectivity index (χ2v) is 3.78. The normalized spacial score (nSPS) is 12.5. The molecule has 1 aromatic rings. The maximum Gasteiger partial charge on any atom is 0.117 e. The number of benzene rings is 1. The largest absolute Gasteiger partial charge is 0.550 e. The molecule has 0 aliphatic rings. The van der Waals surface area contributed by atoms with E-state index < -0.39 is 12.0 Å². The average Bonchev–Trinajstić information content (AvgIpc) is 2.01. The fourth-order valence-corrected chi connectivity index (χ4v) is 1.71. The van der Waals surface area contributed by atoms with Crippen molar-refractivity contribution in [2.45, 2.75) is 12.5 Å². The zero-order valence-electron chi connectivity index (χ0n) is 7.30. The quantitative estimate of drug-likeness (QED) is 0.823. The molecule has 0 saturated heterocycles. The Balaban J connectivity index is 2.90. The van der Waals surface area contributed by atoms with E-state index in [2.05, 4.69) is 5.73 Å². The van der Waals surface area contributed by atoms with Crippen LogP contribution in [0, 0.1) is 0 Å². The minimum absolute atomic E-state index is 0.151. The third-order valence-electron chi connectivity index (χ3n) is 1.82. The van der Waals surface area contributed by atoms with E-state index in [1.54, 1.807) is 18.2 Å². The molecule has 3 N–H and O–H groups in total. The van der Waals surface area contributed by atoms with E-state index >= 15 is 0 Å². The van der Waals surface area contributed by atoms with E-state index in [1.807, 2.05) is 0 Å². The van der Waals surface area contributed by atoms with E-state index in [0.29, 0.717) is 15.6 Å². The summed E-state index contributed by atoms with van der Waals surface area (Å²) in [4.78, 5) is 10.3. The van der Waals surface area contributed by atoms with Gasteiger partial charge in [-0.25, -0.2) is 0 Å². The summed E-state index contributed by atoms with van der Waals surface area (Å²) in [6.07, 6.45) is -0.151. The monoisotopic (exact) mass is 233 g/mol. The Bertz CT molecular complexity index is 355. The van der Waals surface area contributed by atoms with Crippen LogP contribution >= 0.6 is 23.2 Å². The van der Waals surface area contributed by atoms with Gasteiger partial charge in [0.25, 0.3) is 0 Å². The molecule has 0 unspecified atom stereocenters. The van der Waals surface area contributed by atoms with Crippen molar-refractivity contribution >= 4 is 29.2 Å². The van der Waals surface area contributed by atoms with Gasteiger partial charge in [-0.15, -0.1) is 0 Å². The Labute approximate surface area is 91.4 Å². The lowest BCUT2D eigenvalue weighted by Gasteiger charge is -2.11. The minimum Gasteiger partial charge on any atom is -0.550 e. The van der Waals surface area contributed by atoms with Crippen molar-refractivity contribution in [1.82, 2.24) is 0 Å². The van der Waals surface area contributed by atoms with Gasteiger partial charge in [-0.3, -0.25) is 0 Å². The van der Waals surface area contributed by atoms with Gasteiger partial charge < -0.3 is 15.6 Å². The topological polar surface area (TPSA) is 67.8 Å².